The van der Waals surface area contributed by atoms with Gasteiger partial charge in [-0.15, -0.1) is 0 Å². The highest BCUT2D eigenvalue weighted by molar-refractivity contribution is 7.80. The Labute approximate surface area is 99.0 Å². The molecule has 80 valence electrons. The third-order valence-corrected chi connectivity index (χ3v) is 2.33. The number of hydrogen-bond donors (Lipinski definition) is 2. The van der Waals surface area contributed by atoms with E-state index in [-0.39, 0.29) is 5.56 Å². The Balaban J connectivity index is 3.02. The predicted molar refractivity (Wildman–Crippen MR) is 65.9 cm³/mol. The lowest BCUT2D eigenvalue weighted by atomic mass is 10.1. The Morgan fingerprint density at radius 1 is 1.53 bits per heavy atom. The van der Waals surface area contributed by atoms with Crippen LogP contribution in [0.15, 0.2) is 24.3 Å². The van der Waals surface area contributed by atoms with E-state index in [1.165, 1.54) is 6.07 Å². The fourth-order valence-corrected chi connectivity index (χ4v) is 1.48. The molecule has 15 heavy (non-hydrogen) atoms. The molecule has 0 atom stereocenters. The van der Waals surface area contributed by atoms with Crippen molar-refractivity contribution < 1.29 is 9.90 Å². The van der Waals surface area contributed by atoms with Gasteiger partial charge in [0.1, 0.15) is 0 Å². The summed E-state index contributed by atoms with van der Waals surface area (Å²) in [7, 11) is 0. The number of thiol groups is 1. The van der Waals surface area contributed by atoms with E-state index in [1.54, 1.807) is 18.2 Å². The van der Waals surface area contributed by atoms with E-state index in [9.17, 15) is 4.79 Å². The zero-order valence-corrected chi connectivity index (χ0v) is 9.63. The van der Waals surface area contributed by atoms with E-state index < -0.39 is 5.97 Å². The molecule has 0 unspecified atom stereocenters. The molecule has 0 aliphatic carbocycles. The van der Waals surface area contributed by atoms with Crippen LogP contribution in [0, 0.1) is 0 Å². The van der Waals surface area contributed by atoms with Crippen molar-refractivity contribution in [3.05, 3.63) is 40.4 Å². The topological polar surface area (TPSA) is 37.3 Å². The molecule has 0 aromatic heterocycles. The fourth-order valence-electron chi connectivity index (χ4n) is 1.15. The lowest BCUT2D eigenvalue weighted by molar-refractivity contribution is 0.0696. The minimum absolute atomic E-state index is 0.259. The monoisotopic (exact) mass is 242 g/mol. The van der Waals surface area contributed by atoms with Crippen LogP contribution >= 0.6 is 24.2 Å². The van der Waals surface area contributed by atoms with Gasteiger partial charge in [-0.3, -0.25) is 0 Å². The number of benzene rings is 1. The van der Waals surface area contributed by atoms with Crippen molar-refractivity contribution in [1.29, 1.82) is 0 Å². The van der Waals surface area contributed by atoms with Gasteiger partial charge in [-0.1, -0.05) is 23.8 Å². The van der Waals surface area contributed by atoms with Crippen LogP contribution in [0.5, 0.6) is 0 Å². The van der Waals surface area contributed by atoms with Gasteiger partial charge in [0.15, 0.2) is 0 Å². The van der Waals surface area contributed by atoms with Gasteiger partial charge in [-0.25, -0.2) is 4.79 Å². The van der Waals surface area contributed by atoms with Crippen LogP contribution in [0.3, 0.4) is 0 Å². The first kappa shape index (κ1) is 12.1. The first-order valence-electron chi connectivity index (χ1n) is 4.45. The number of halogens is 1. The minimum Gasteiger partial charge on any atom is -0.478 e. The van der Waals surface area contributed by atoms with Gasteiger partial charge in [0.25, 0.3) is 0 Å². The smallest absolute Gasteiger partial charge is 0.336 e. The highest BCUT2D eigenvalue weighted by atomic mass is 35.5. The molecule has 0 bridgehead atoms. The number of aromatic carboxylic acids is 1. The van der Waals surface area contributed by atoms with Crippen LogP contribution in [-0.2, 0) is 0 Å². The van der Waals surface area contributed by atoms with Crippen molar-refractivity contribution in [3.63, 3.8) is 0 Å². The van der Waals surface area contributed by atoms with E-state index in [0.29, 0.717) is 10.6 Å². The van der Waals surface area contributed by atoms with Crippen LogP contribution in [0.25, 0.3) is 6.08 Å². The Morgan fingerprint density at radius 2 is 2.27 bits per heavy atom. The summed E-state index contributed by atoms with van der Waals surface area (Å²) in [4.78, 5) is 10.9. The summed E-state index contributed by atoms with van der Waals surface area (Å²) in [5.41, 5.74) is 0.881. The quantitative estimate of drug-likeness (QED) is 0.795. The van der Waals surface area contributed by atoms with Crippen molar-refractivity contribution in [2.45, 2.75) is 6.42 Å². The number of allylic oxidation sites excluding steroid dienone is 1. The summed E-state index contributed by atoms with van der Waals surface area (Å²) in [6.07, 6.45) is 4.44. The maximum absolute atomic E-state index is 10.9. The van der Waals surface area contributed by atoms with Gasteiger partial charge in [0.2, 0.25) is 0 Å². The highest BCUT2D eigenvalue weighted by Gasteiger charge is 2.07. The van der Waals surface area contributed by atoms with E-state index in [0.717, 1.165) is 12.2 Å². The van der Waals surface area contributed by atoms with Gasteiger partial charge in [0, 0.05) is 5.02 Å². The number of carboxylic acids is 1. The second-order valence-corrected chi connectivity index (χ2v) is 3.84. The molecule has 4 heteroatoms. The van der Waals surface area contributed by atoms with Crippen molar-refractivity contribution in [1.82, 2.24) is 0 Å². The summed E-state index contributed by atoms with van der Waals surface area (Å²) >= 11 is 9.85. The average Bonchev–Trinajstić information content (AvgIpc) is 2.18. The standard InChI is InChI=1S/C11H11ClO2S/c12-9-4-5-10(11(13)14)8(7-9)3-1-2-6-15/h1,3-5,7,15H,2,6H2,(H,13,14). The molecule has 0 spiro atoms. The zero-order valence-electron chi connectivity index (χ0n) is 7.98. The van der Waals surface area contributed by atoms with E-state index in [2.05, 4.69) is 12.6 Å². The molecule has 2 nitrogen and oxygen atoms in total. The molecule has 0 saturated carbocycles. The van der Waals surface area contributed by atoms with E-state index >= 15 is 0 Å². The Bertz CT molecular complexity index is 388. The van der Waals surface area contributed by atoms with Crippen molar-refractivity contribution in [2.24, 2.45) is 0 Å². The van der Waals surface area contributed by atoms with Crippen LogP contribution in [0.1, 0.15) is 22.3 Å². The summed E-state index contributed by atoms with van der Waals surface area (Å²) in [6, 6.07) is 4.71. The molecule has 0 aliphatic rings. The number of rotatable bonds is 4. The third kappa shape index (κ3) is 3.61. The predicted octanol–water partition coefficient (Wildman–Crippen LogP) is 3.37. The molecular weight excluding hydrogens is 232 g/mol. The van der Waals surface area contributed by atoms with Gasteiger partial charge in [-0.05, 0) is 35.9 Å². The van der Waals surface area contributed by atoms with Crippen molar-refractivity contribution >= 4 is 36.3 Å². The number of hydrogen-bond acceptors (Lipinski definition) is 2. The van der Waals surface area contributed by atoms with Gasteiger partial charge in [-0.2, -0.15) is 12.6 Å². The Kier molecular flexibility index (Phi) is 4.72. The van der Waals surface area contributed by atoms with Crippen LogP contribution in [0.4, 0.5) is 0 Å². The SMILES string of the molecule is O=C(O)c1ccc(Cl)cc1C=CCCS. The largest absolute Gasteiger partial charge is 0.478 e. The van der Waals surface area contributed by atoms with Crippen molar-refractivity contribution in [3.8, 4) is 0 Å². The molecule has 0 radical (unpaired) electrons. The summed E-state index contributed by atoms with van der Waals surface area (Å²) in [5, 5.41) is 9.45. The van der Waals surface area contributed by atoms with Crippen LogP contribution in [-0.4, -0.2) is 16.8 Å². The molecule has 0 saturated heterocycles. The average molecular weight is 243 g/mol. The summed E-state index contributed by atoms with van der Waals surface area (Å²) in [6.45, 7) is 0. The fraction of sp³-hybridized carbons (Fsp3) is 0.182. The van der Waals surface area contributed by atoms with E-state index in [1.807, 2.05) is 6.08 Å². The second-order valence-electron chi connectivity index (χ2n) is 2.95. The zero-order chi connectivity index (χ0) is 11.3. The van der Waals surface area contributed by atoms with Crippen LogP contribution in [0.2, 0.25) is 5.02 Å². The Morgan fingerprint density at radius 3 is 2.87 bits per heavy atom. The van der Waals surface area contributed by atoms with Gasteiger partial charge < -0.3 is 5.11 Å². The minimum atomic E-state index is -0.947. The van der Waals surface area contributed by atoms with Gasteiger partial charge in [0.05, 0.1) is 5.56 Å². The normalized spacial score (nSPS) is 10.8. The summed E-state index contributed by atoms with van der Waals surface area (Å²) in [5.74, 6) is -0.211. The molecule has 1 N–H and O–H groups in total. The molecule has 0 heterocycles. The lowest BCUT2D eigenvalue weighted by Crippen LogP contribution is -1.98. The maximum Gasteiger partial charge on any atom is 0.336 e. The molecular formula is C11H11ClO2S. The summed E-state index contributed by atoms with van der Waals surface area (Å²) < 4.78 is 0. The maximum atomic E-state index is 10.9. The molecule has 0 aliphatic heterocycles. The lowest BCUT2D eigenvalue weighted by Gasteiger charge is -2.01. The Hall–Kier alpha value is -0.930. The number of carboxylic acid groups (broad SMARTS) is 1. The molecule has 0 amide bonds. The molecule has 1 aromatic carbocycles. The van der Waals surface area contributed by atoms with E-state index in [4.69, 9.17) is 16.7 Å². The first-order chi connectivity index (χ1) is 7.15. The second kappa shape index (κ2) is 5.83. The highest BCUT2D eigenvalue weighted by Crippen LogP contribution is 2.17. The van der Waals surface area contributed by atoms with Crippen molar-refractivity contribution in [2.75, 3.05) is 5.75 Å². The molecule has 1 aromatic rings. The molecule has 0 fully saturated rings. The van der Waals surface area contributed by atoms with Gasteiger partial charge >= 0.3 is 5.97 Å². The number of carbonyl (C=O) groups is 1. The van der Waals surface area contributed by atoms with Crippen LogP contribution < -0.4 is 0 Å². The third-order valence-electron chi connectivity index (χ3n) is 1.84. The molecule has 1 rings (SSSR count). The first-order valence-corrected chi connectivity index (χ1v) is 5.46.